The number of aromatic amines is 1. The number of nitrogens with zero attached hydrogens (tertiary/aromatic N) is 1. The van der Waals surface area contributed by atoms with Crippen LogP contribution in [0.25, 0.3) is 0 Å². The van der Waals surface area contributed by atoms with E-state index in [4.69, 9.17) is 19.3 Å². The fourth-order valence-electron chi connectivity index (χ4n) is 2.05. The van der Waals surface area contributed by atoms with E-state index in [9.17, 15) is 14.2 Å². The van der Waals surface area contributed by atoms with Crippen LogP contribution < -0.4 is 11.2 Å². The number of rotatable bonds is 6. The summed E-state index contributed by atoms with van der Waals surface area (Å²) < 4.78 is 27.3. The molecule has 0 aliphatic carbocycles. The minimum atomic E-state index is -4.62. The van der Waals surface area contributed by atoms with Crippen LogP contribution in [0, 0.1) is 0 Å². The van der Waals surface area contributed by atoms with Crippen LogP contribution in [-0.4, -0.2) is 44.3 Å². The van der Waals surface area contributed by atoms with Crippen molar-refractivity contribution in [2.24, 2.45) is 0 Å². The second kappa shape index (κ2) is 6.45. The summed E-state index contributed by atoms with van der Waals surface area (Å²) in [6, 6.07) is 1.16. The maximum Gasteiger partial charge on any atom is 0.469 e. The third kappa shape index (κ3) is 4.13. The molecule has 1 aromatic heterocycles. The Kier molecular flexibility index (Phi) is 5.00. The van der Waals surface area contributed by atoms with Crippen molar-refractivity contribution < 1.29 is 28.3 Å². The number of phosphoric acid groups is 1. The van der Waals surface area contributed by atoms with E-state index >= 15 is 0 Å². The van der Waals surface area contributed by atoms with E-state index in [1.807, 2.05) is 0 Å². The molecule has 0 aromatic carbocycles. The monoisotopic (exact) mass is 336 g/mol. The van der Waals surface area contributed by atoms with Crippen LogP contribution in [0.5, 0.6) is 0 Å². The number of ether oxygens (including phenoxy) is 2. The van der Waals surface area contributed by atoms with Gasteiger partial charge in [-0.2, -0.15) is 0 Å². The number of hydrogen-bond donors (Lipinski definition) is 3. The molecule has 0 bridgehead atoms. The van der Waals surface area contributed by atoms with Crippen molar-refractivity contribution in [3.8, 4) is 0 Å². The molecule has 1 fully saturated rings. The van der Waals surface area contributed by atoms with Crippen molar-refractivity contribution >= 4 is 7.82 Å². The molecule has 11 heteroatoms. The Morgan fingerprint density at radius 1 is 1.45 bits per heavy atom. The van der Waals surface area contributed by atoms with E-state index in [1.165, 1.54) is 6.20 Å². The number of hydrogen-bond acceptors (Lipinski definition) is 6. The van der Waals surface area contributed by atoms with Crippen LogP contribution in [-0.2, 0) is 18.6 Å². The minimum Gasteiger partial charge on any atom is -0.368 e. The number of nitrogens with one attached hydrogen (secondary N) is 1. The van der Waals surface area contributed by atoms with Gasteiger partial charge in [-0.15, -0.1) is 0 Å². The standard InChI is InChI=1S/C11H17N2O8P/c1-6(2)20-9-7(5-19-22(16,17)18)21-10(9)13-4-3-8(14)12-11(13)15/h3-4,6-7,9-10H,5H2,1-2H3,(H,12,14,15)(H2,16,17,18)/t7?,9-,10?/m0/s1. The van der Waals surface area contributed by atoms with Gasteiger partial charge < -0.3 is 19.3 Å². The molecular formula is C11H17N2O8P. The lowest BCUT2D eigenvalue weighted by Gasteiger charge is -2.45. The highest BCUT2D eigenvalue weighted by Crippen LogP contribution is 2.40. The van der Waals surface area contributed by atoms with Crippen molar-refractivity contribution in [2.45, 2.75) is 38.4 Å². The van der Waals surface area contributed by atoms with E-state index in [2.05, 4.69) is 9.51 Å². The Morgan fingerprint density at radius 3 is 2.68 bits per heavy atom. The normalized spacial score (nSPS) is 25.2. The van der Waals surface area contributed by atoms with E-state index in [0.29, 0.717) is 0 Å². The van der Waals surface area contributed by atoms with Crippen molar-refractivity contribution in [3.05, 3.63) is 33.1 Å². The first kappa shape index (κ1) is 17.1. The van der Waals surface area contributed by atoms with E-state index in [1.54, 1.807) is 13.8 Å². The van der Waals surface area contributed by atoms with E-state index in [-0.39, 0.29) is 12.7 Å². The molecule has 22 heavy (non-hydrogen) atoms. The van der Waals surface area contributed by atoms with Crippen LogP contribution in [0.15, 0.2) is 21.9 Å². The van der Waals surface area contributed by atoms with Gasteiger partial charge in [0.25, 0.3) is 5.56 Å². The Morgan fingerprint density at radius 2 is 2.14 bits per heavy atom. The first-order valence-corrected chi connectivity index (χ1v) is 8.03. The van der Waals surface area contributed by atoms with Gasteiger partial charge in [-0.05, 0) is 13.8 Å². The lowest BCUT2D eigenvalue weighted by atomic mass is 10.1. The van der Waals surface area contributed by atoms with Gasteiger partial charge in [0.1, 0.15) is 12.2 Å². The molecule has 2 unspecified atom stereocenters. The summed E-state index contributed by atoms with van der Waals surface area (Å²) in [5.41, 5.74) is -1.20. The van der Waals surface area contributed by atoms with E-state index in [0.717, 1.165) is 10.6 Å². The highest BCUT2D eigenvalue weighted by atomic mass is 31.2. The molecule has 0 radical (unpaired) electrons. The molecular weight excluding hydrogens is 319 g/mol. The molecule has 0 amide bonds. The lowest BCUT2D eigenvalue weighted by molar-refractivity contribution is -0.289. The summed E-state index contributed by atoms with van der Waals surface area (Å²) in [6.45, 7) is 3.16. The Balaban J connectivity index is 2.14. The SMILES string of the molecule is CC(C)O[C@H]1C(COP(=O)(O)O)OC1n1ccc(=O)[nH]c1=O. The van der Waals surface area contributed by atoms with Gasteiger partial charge in [0.05, 0.1) is 12.7 Å². The molecule has 2 rings (SSSR count). The van der Waals surface area contributed by atoms with Gasteiger partial charge in [0.2, 0.25) is 0 Å². The summed E-state index contributed by atoms with van der Waals surface area (Å²) in [7, 11) is -4.62. The average Bonchev–Trinajstić information content (AvgIpc) is 2.35. The largest absolute Gasteiger partial charge is 0.469 e. The van der Waals surface area contributed by atoms with E-state index < -0.39 is 37.5 Å². The van der Waals surface area contributed by atoms with Gasteiger partial charge in [-0.25, -0.2) is 9.36 Å². The fraction of sp³-hybridized carbons (Fsp3) is 0.636. The molecule has 124 valence electrons. The minimum absolute atomic E-state index is 0.201. The molecule has 0 spiro atoms. The Bertz CT molecular complexity index is 677. The van der Waals surface area contributed by atoms with Crippen LogP contribution in [0.4, 0.5) is 0 Å². The molecule has 1 aliphatic rings. The Hall–Kier alpha value is -1.29. The Labute approximate surface area is 124 Å². The fourth-order valence-corrected chi connectivity index (χ4v) is 2.39. The van der Waals surface area contributed by atoms with Gasteiger partial charge in [0, 0.05) is 12.3 Å². The number of aromatic nitrogens is 2. The van der Waals surface area contributed by atoms with Crippen LogP contribution in [0.1, 0.15) is 20.1 Å². The highest BCUT2D eigenvalue weighted by molar-refractivity contribution is 7.46. The number of H-pyrrole nitrogens is 1. The molecule has 3 N–H and O–H groups in total. The molecule has 1 aromatic rings. The van der Waals surface area contributed by atoms with Gasteiger partial charge >= 0.3 is 13.5 Å². The van der Waals surface area contributed by atoms with Crippen LogP contribution in [0.3, 0.4) is 0 Å². The zero-order valence-corrected chi connectivity index (χ0v) is 12.8. The van der Waals surface area contributed by atoms with Crippen molar-refractivity contribution in [2.75, 3.05) is 6.61 Å². The molecule has 10 nitrogen and oxygen atoms in total. The molecule has 1 saturated heterocycles. The molecule has 3 atom stereocenters. The van der Waals surface area contributed by atoms with Crippen molar-refractivity contribution in [1.29, 1.82) is 0 Å². The maximum absolute atomic E-state index is 11.7. The first-order valence-electron chi connectivity index (χ1n) is 6.50. The second-order valence-electron chi connectivity index (χ2n) is 5.02. The average molecular weight is 336 g/mol. The summed E-state index contributed by atoms with van der Waals surface area (Å²) in [6.07, 6.45) is -1.12. The molecule has 2 heterocycles. The van der Waals surface area contributed by atoms with Crippen LogP contribution in [0.2, 0.25) is 0 Å². The smallest absolute Gasteiger partial charge is 0.368 e. The summed E-state index contributed by atoms with van der Waals surface area (Å²) in [5, 5.41) is 0. The van der Waals surface area contributed by atoms with Crippen molar-refractivity contribution in [1.82, 2.24) is 9.55 Å². The van der Waals surface area contributed by atoms with Gasteiger partial charge in [0.15, 0.2) is 6.23 Å². The predicted molar refractivity (Wildman–Crippen MR) is 73.2 cm³/mol. The topological polar surface area (TPSA) is 140 Å². The second-order valence-corrected chi connectivity index (χ2v) is 6.26. The molecule has 0 saturated carbocycles. The highest BCUT2D eigenvalue weighted by Gasteiger charge is 2.46. The first-order chi connectivity index (χ1) is 10.2. The lowest BCUT2D eigenvalue weighted by Crippen LogP contribution is -2.57. The number of phosphoric ester groups is 1. The zero-order valence-electron chi connectivity index (χ0n) is 11.9. The third-order valence-corrected chi connectivity index (χ3v) is 3.41. The quantitative estimate of drug-likeness (QED) is 0.581. The predicted octanol–water partition coefficient (Wildman–Crippen LogP) is -0.663. The van der Waals surface area contributed by atoms with Crippen molar-refractivity contribution in [3.63, 3.8) is 0 Å². The van der Waals surface area contributed by atoms with Crippen LogP contribution >= 0.6 is 7.82 Å². The molecule has 1 aliphatic heterocycles. The summed E-state index contributed by atoms with van der Waals surface area (Å²) >= 11 is 0. The zero-order chi connectivity index (χ0) is 16.5. The maximum atomic E-state index is 11.7. The van der Waals surface area contributed by atoms with Gasteiger partial charge in [-0.1, -0.05) is 0 Å². The summed E-state index contributed by atoms with van der Waals surface area (Å²) in [5.74, 6) is 0. The third-order valence-electron chi connectivity index (χ3n) is 2.92. The van der Waals surface area contributed by atoms with Gasteiger partial charge in [-0.3, -0.25) is 18.9 Å². The summed E-state index contributed by atoms with van der Waals surface area (Å²) in [4.78, 5) is 42.3.